The molecule has 0 radical (unpaired) electrons. The number of pyridine rings is 1. The lowest BCUT2D eigenvalue weighted by atomic mass is 10.1. The molecule has 0 atom stereocenters. The van der Waals surface area contributed by atoms with E-state index >= 15 is 0 Å². The molecule has 1 aliphatic rings. The average molecular weight is 270 g/mol. The molecular formula is C17H22N2O. The molecule has 20 heavy (non-hydrogen) atoms. The molecule has 1 aromatic carbocycles. The van der Waals surface area contributed by atoms with Crippen molar-refractivity contribution in [3.05, 3.63) is 36.0 Å². The number of aliphatic hydroxyl groups excluding tert-OH is 1. The molecular weight excluding hydrogens is 248 g/mol. The molecule has 0 amide bonds. The van der Waals surface area contributed by atoms with Crippen LogP contribution in [0.3, 0.4) is 0 Å². The minimum Gasteiger partial charge on any atom is -0.390 e. The number of aliphatic hydroxyl groups is 1. The number of benzene rings is 1. The lowest BCUT2D eigenvalue weighted by molar-refractivity contribution is 0.277. The number of nitrogens with zero attached hydrogens (tertiary/aromatic N) is 2. The van der Waals surface area contributed by atoms with Crippen LogP contribution in [0.4, 0.5) is 5.69 Å². The van der Waals surface area contributed by atoms with Crippen LogP contribution in [0.1, 0.15) is 38.3 Å². The zero-order chi connectivity index (χ0) is 13.9. The van der Waals surface area contributed by atoms with Gasteiger partial charge in [0, 0.05) is 23.7 Å². The Labute approximate surface area is 120 Å². The first kappa shape index (κ1) is 13.4. The number of para-hydroxylation sites is 1. The number of aromatic nitrogens is 1. The summed E-state index contributed by atoms with van der Waals surface area (Å²) in [5.41, 5.74) is 2.99. The van der Waals surface area contributed by atoms with Crippen molar-refractivity contribution in [2.45, 2.75) is 45.3 Å². The standard InChI is InChI=1S/C17H22N2O/c1-2-3-10-19(14-8-9-14)17-11-13(12-20)18-16-7-5-4-6-15(16)17/h4-7,11,14,20H,2-3,8-10,12H2,1H3. The van der Waals surface area contributed by atoms with Crippen LogP contribution in [0.25, 0.3) is 10.9 Å². The lowest BCUT2D eigenvalue weighted by Gasteiger charge is -2.26. The quantitative estimate of drug-likeness (QED) is 0.872. The molecule has 3 heteroatoms. The molecule has 2 aromatic rings. The molecule has 3 nitrogen and oxygen atoms in total. The van der Waals surface area contributed by atoms with E-state index < -0.39 is 0 Å². The summed E-state index contributed by atoms with van der Waals surface area (Å²) in [5.74, 6) is 0. The molecule has 0 bridgehead atoms. The lowest BCUT2D eigenvalue weighted by Crippen LogP contribution is -2.27. The van der Waals surface area contributed by atoms with Crippen molar-refractivity contribution in [2.24, 2.45) is 0 Å². The molecule has 1 aromatic heterocycles. The van der Waals surface area contributed by atoms with Gasteiger partial charge in [-0.05, 0) is 31.4 Å². The van der Waals surface area contributed by atoms with Gasteiger partial charge in [0.2, 0.25) is 0 Å². The summed E-state index contributed by atoms with van der Waals surface area (Å²) in [6, 6.07) is 11.0. The smallest absolute Gasteiger partial charge is 0.0854 e. The Morgan fingerprint density at radius 3 is 2.80 bits per heavy atom. The van der Waals surface area contributed by atoms with E-state index in [4.69, 9.17) is 0 Å². The molecule has 1 heterocycles. The van der Waals surface area contributed by atoms with E-state index in [9.17, 15) is 5.11 Å². The molecule has 0 unspecified atom stereocenters. The summed E-state index contributed by atoms with van der Waals surface area (Å²) in [7, 11) is 0. The predicted molar refractivity (Wildman–Crippen MR) is 82.9 cm³/mol. The van der Waals surface area contributed by atoms with E-state index in [0.717, 1.165) is 17.8 Å². The molecule has 0 saturated heterocycles. The van der Waals surface area contributed by atoms with Crippen LogP contribution < -0.4 is 4.90 Å². The molecule has 1 N–H and O–H groups in total. The Hall–Kier alpha value is -1.61. The van der Waals surface area contributed by atoms with Crippen LogP contribution in [-0.4, -0.2) is 22.7 Å². The second-order valence-corrected chi connectivity index (χ2v) is 5.59. The van der Waals surface area contributed by atoms with Gasteiger partial charge >= 0.3 is 0 Å². The van der Waals surface area contributed by atoms with Crippen LogP contribution in [0.2, 0.25) is 0 Å². The van der Waals surface area contributed by atoms with E-state index in [1.54, 1.807) is 0 Å². The van der Waals surface area contributed by atoms with E-state index in [-0.39, 0.29) is 6.61 Å². The Bertz CT molecular complexity index is 593. The van der Waals surface area contributed by atoms with Gasteiger partial charge in [0.25, 0.3) is 0 Å². The van der Waals surface area contributed by atoms with Crippen molar-refractivity contribution in [1.82, 2.24) is 4.98 Å². The topological polar surface area (TPSA) is 36.4 Å². The minimum absolute atomic E-state index is 0.00409. The fraction of sp³-hybridized carbons (Fsp3) is 0.471. The van der Waals surface area contributed by atoms with Crippen LogP contribution in [0.5, 0.6) is 0 Å². The highest BCUT2D eigenvalue weighted by Crippen LogP contribution is 2.36. The van der Waals surface area contributed by atoms with Gasteiger partial charge in [-0.1, -0.05) is 31.5 Å². The van der Waals surface area contributed by atoms with E-state index in [1.165, 1.54) is 36.8 Å². The molecule has 1 aliphatic carbocycles. The van der Waals surface area contributed by atoms with Gasteiger partial charge in [-0.25, -0.2) is 0 Å². The van der Waals surface area contributed by atoms with E-state index in [2.05, 4.69) is 35.0 Å². The number of hydrogen-bond donors (Lipinski definition) is 1. The Morgan fingerprint density at radius 2 is 2.10 bits per heavy atom. The summed E-state index contributed by atoms with van der Waals surface area (Å²) in [4.78, 5) is 7.04. The Kier molecular flexibility index (Phi) is 3.88. The van der Waals surface area contributed by atoms with Crippen LogP contribution in [0.15, 0.2) is 30.3 Å². The minimum atomic E-state index is 0.00409. The third kappa shape index (κ3) is 2.63. The van der Waals surface area contributed by atoms with Gasteiger partial charge in [0.05, 0.1) is 17.8 Å². The Morgan fingerprint density at radius 1 is 1.30 bits per heavy atom. The molecule has 0 spiro atoms. The first-order chi connectivity index (χ1) is 9.83. The summed E-state index contributed by atoms with van der Waals surface area (Å²) < 4.78 is 0. The SMILES string of the molecule is CCCCN(c1cc(CO)nc2ccccc12)C1CC1. The second kappa shape index (κ2) is 5.80. The first-order valence-electron chi connectivity index (χ1n) is 7.59. The van der Waals surface area contributed by atoms with Crippen molar-refractivity contribution in [1.29, 1.82) is 0 Å². The number of fused-ring (bicyclic) bond motifs is 1. The van der Waals surface area contributed by atoms with Crippen molar-refractivity contribution in [3.63, 3.8) is 0 Å². The summed E-state index contributed by atoms with van der Waals surface area (Å²) in [5, 5.41) is 10.7. The van der Waals surface area contributed by atoms with Crippen LogP contribution in [-0.2, 0) is 6.61 Å². The van der Waals surface area contributed by atoms with Gasteiger partial charge in [-0.15, -0.1) is 0 Å². The molecule has 1 fully saturated rings. The highest BCUT2D eigenvalue weighted by Gasteiger charge is 2.30. The third-order valence-corrected chi connectivity index (χ3v) is 3.96. The molecule has 0 aliphatic heterocycles. The number of rotatable bonds is 6. The van der Waals surface area contributed by atoms with Gasteiger partial charge in [-0.2, -0.15) is 0 Å². The van der Waals surface area contributed by atoms with E-state index in [0.29, 0.717) is 6.04 Å². The monoisotopic (exact) mass is 270 g/mol. The van der Waals surface area contributed by atoms with Gasteiger partial charge < -0.3 is 10.0 Å². The normalized spacial score (nSPS) is 14.7. The molecule has 1 saturated carbocycles. The van der Waals surface area contributed by atoms with Gasteiger partial charge in [0.15, 0.2) is 0 Å². The number of anilines is 1. The fourth-order valence-corrected chi connectivity index (χ4v) is 2.74. The van der Waals surface area contributed by atoms with Gasteiger partial charge in [0.1, 0.15) is 0 Å². The van der Waals surface area contributed by atoms with Crippen molar-refractivity contribution >= 4 is 16.6 Å². The third-order valence-electron chi connectivity index (χ3n) is 3.96. The van der Waals surface area contributed by atoms with Crippen molar-refractivity contribution < 1.29 is 5.11 Å². The average Bonchev–Trinajstić information content (AvgIpc) is 3.32. The summed E-state index contributed by atoms with van der Waals surface area (Å²) >= 11 is 0. The zero-order valence-electron chi connectivity index (χ0n) is 12.0. The zero-order valence-corrected chi connectivity index (χ0v) is 12.0. The van der Waals surface area contributed by atoms with Crippen LogP contribution >= 0.6 is 0 Å². The highest BCUT2D eigenvalue weighted by atomic mass is 16.3. The predicted octanol–water partition coefficient (Wildman–Crippen LogP) is 3.50. The molecule has 106 valence electrons. The summed E-state index contributed by atoms with van der Waals surface area (Å²) in [6.45, 7) is 3.33. The maximum atomic E-state index is 9.45. The summed E-state index contributed by atoms with van der Waals surface area (Å²) in [6.07, 6.45) is 4.99. The maximum Gasteiger partial charge on any atom is 0.0854 e. The Balaban J connectivity index is 2.06. The van der Waals surface area contributed by atoms with Crippen molar-refractivity contribution in [2.75, 3.05) is 11.4 Å². The van der Waals surface area contributed by atoms with Crippen LogP contribution in [0, 0.1) is 0 Å². The highest BCUT2D eigenvalue weighted by molar-refractivity contribution is 5.92. The fourth-order valence-electron chi connectivity index (χ4n) is 2.74. The van der Waals surface area contributed by atoms with E-state index in [1.807, 2.05) is 12.1 Å². The van der Waals surface area contributed by atoms with Crippen molar-refractivity contribution in [3.8, 4) is 0 Å². The largest absolute Gasteiger partial charge is 0.390 e. The maximum absolute atomic E-state index is 9.45. The van der Waals surface area contributed by atoms with Gasteiger partial charge in [-0.3, -0.25) is 4.98 Å². The second-order valence-electron chi connectivity index (χ2n) is 5.59. The first-order valence-corrected chi connectivity index (χ1v) is 7.59. The number of unbranched alkanes of at least 4 members (excludes halogenated alkanes) is 1. The molecule has 3 rings (SSSR count). The number of hydrogen-bond acceptors (Lipinski definition) is 3.